The SMILES string of the molecule is CCN(CC(=O)NCc1ccc(F)cc1)C(=O)C1COc2ccccc2O1. The van der Waals surface area contributed by atoms with Gasteiger partial charge in [-0.05, 0) is 36.8 Å². The van der Waals surface area contributed by atoms with E-state index in [9.17, 15) is 14.0 Å². The second kappa shape index (κ2) is 8.53. The zero-order valence-corrected chi connectivity index (χ0v) is 15.0. The van der Waals surface area contributed by atoms with Crippen LogP contribution in [0.5, 0.6) is 11.5 Å². The van der Waals surface area contributed by atoms with Crippen LogP contribution in [0.2, 0.25) is 0 Å². The third-order valence-corrected chi connectivity index (χ3v) is 4.21. The van der Waals surface area contributed by atoms with Gasteiger partial charge in [0.05, 0.1) is 6.54 Å². The van der Waals surface area contributed by atoms with Gasteiger partial charge in [-0.2, -0.15) is 0 Å². The molecule has 0 bridgehead atoms. The molecule has 0 saturated carbocycles. The van der Waals surface area contributed by atoms with Gasteiger partial charge in [0.15, 0.2) is 11.5 Å². The highest BCUT2D eigenvalue weighted by atomic mass is 19.1. The summed E-state index contributed by atoms with van der Waals surface area (Å²) in [7, 11) is 0. The van der Waals surface area contributed by atoms with Gasteiger partial charge in [0, 0.05) is 13.1 Å². The molecule has 1 heterocycles. The van der Waals surface area contributed by atoms with E-state index in [4.69, 9.17) is 9.47 Å². The zero-order chi connectivity index (χ0) is 19.2. The summed E-state index contributed by atoms with van der Waals surface area (Å²) in [6, 6.07) is 13.0. The molecule has 2 amide bonds. The van der Waals surface area contributed by atoms with Gasteiger partial charge in [0.1, 0.15) is 12.4 Å². The molecule has 1 unspecified atom stereocenters. The molecule has 0 aliphatic carbocycles. The van der Waals surface area contributed by atoms with E-state index < -0.39 is 6.10 Å². The predicted molar refractivity (Wildman–Crippen MR) is 96.9 cm³/mol. The summed E-state index contributed by atoms with van der Waals surface area (Å²) >= 11 is 0. The Morgan fingerprint density at radius 1 is 1.15 bits per heavy atom. The van der Waals surface area contributed by atoms with Gasteiger partial charge in [-0.1, -0.05) is 24.3 Å². The third kappa shape index (κ3) is 4.75. The van der Waals surface area contributed by atoms with Gasteiger partial charge in [-0.15, -0.1) is 0 Å². The number of para-hydroxylation sites is 2. The summed E-state index contributed by atoms with van der Waals surface area (Å²) in [6.45, 7) is 2.44. The molecule has 142 valence electrons. The quantitative estimate of drug-likeness (QED) is 0.844. The summed E-state index contributed by atoms with van der Waals surface area (Å²) in [6.07, 6.45) is -0.787. The van der Waals surface area contributed by atoms with Crippen molar-refractivity contribution in [2.24, 2.45) is 0 Å². The number of ether oxygens (including phenoxy) is 2. The summed E-state index contributed by atoms with van der Waals surface area (Å²) in [5.41, 5.74) is 0.778. The number of hydrogen-bond acceptors (Lipinski definition) is 4. The molecule has 1 aliphatic rings. The standard InChI is InChI=1S/C20H21FN2O4/c1-2-23(12-19(24)22-11-14-7-9-15(21)10-8-14)20(25)18-13-26-16-5-3-4-6-17(16)27-18/h3-10,18H,2,11-13H2,1H3,(H,22,24). The van der Waals surface area contributed by atoms with Crippen molar-refractivity contribution in [1.29, 1.82) is 0 Å². The minimum Gasteiger partial charge on any atom is -0.485 e. The smallest absolute Gasteiger partial charge is 0.267 e. The lowest BCUT2D eigenvalue weighted by Crippen LogP contribution is -2.49. The number of nitrogens with zero attached hydrogens (tertiary/aromatic N) is 1. The number of likely N-dealkylation sites (N-methyl/N-ethyl adjacent to an activating group) is 1. The largest absolute Gasteiger partial charge is 0.485 e. The Kier molecular flexibility index (Phi) is 5.90. The van der Waals surface area contributed by atoms with Gasteiger partial charge in [0.25, 0.3) is 5.91 Å². The van der Waals surface area contributed by atoms with E-state index in [1.807, 2.05) is 6.07 Å². The van der Waals surface area contributed by atoms with Crippen LogP contribution >= 0.6 is 0 Å². The molecule has 2 aromatic rings. The summed E-state index contributed by atoms with van der Waals surface area (Å²) in [5.74, 6) is 0.181. The van der Waals surface area contributed by atoms with Crippen LogP contribution in [0.25, 0.3) is 0 Å². The Hall–Kier alpha value is -3.09. The van der Waals surface area contributed by atoms with Crippen LogP contribution in [0.15, 0.2) is 48.5 Å². The van der Waals surface area contributed by atoms with Gasteiger partial charge >= 0.3 is 0 Å². The molecule has 6 nitrogen and oxygen atoms in total. The van der Waals surface area contributed by atoms with E-state index in [0.717, 1.165) is 5.56 Å². The number of fused-ring (bicyclic) bond motifs is 1. The zero-order valence-electron chi connectivity index (χ0n) is 15.0. The normalized spacial score (nSPS) is 15.1. The molecule has 0 spiro atoms. The molecule has 0 aromatic heterocycles. The van der Waals surface area contributed by atoms with Gasteiger partial charge < -0.3 is 19.7 Å². The Bertz CT molecular complexity index is 810. The van der Waals surface area contributed by atoms with Crippen LogP contribution in [0.3, 0.4) is 0 Å². The lowest BCUT2D eigenvalue weighted by atomic mass is 10.2. The molecule has 0 radical (unpaired) electrons. The van der Waals surface area contributed by atoms with Crippen molar-refractivity contribution in [1.82, 2.24) is 10.2 Å². The molecule has 7 heteroatoms. The van der Waals surface area contributed by atoms with E-state index >= 15 is 0 Å². The fraction of sp³-hybridized carbons (Fsp3) is 0.300. The first-order valence-electron chi connectivity index (χ1n) is 8.75. The number of benzene rings is 2. The van der Waals surface area contributed by atoms with E-state index in [1.54, 1.807) is 37.3 Å². The molecule has 0 fully saturated rings. The van der Waals surface area contributed by atoms with E-state index in [2.05, 4.69) is 5.32 Å². The molecule has 2 aromatic carbocycles. The predicted octanol–water partition coefficient (Wildman–Crippen LogP) is 2.13. The summed E-state index contributed by atoms with van der Waals surface area (Å²) in [4.78, 5) is 26.3. The second-order valence-electron chi connectivity index (χ2n) is 6.12. The van der Waals surface area contributed by atoms with E-state index in [-0.39, 0.29) is 37.3 Å². The van der Waals surface area contributed by atoms with E-state index in [1.165, 1.54) is 17.0 Å². The Morgan fingerprint density at radius 3 is 2.56 bits per heavy atom. The summed E-state index contributed by atoms with van der Waals surface area (Å²) < 4.78 is 24.2. The van der Waals surface area contributed by atoms with Crippen LogP contribution in [-0.4, -0.2) is 42.5 Å². The lowest BCUT2D eigenvalue weighted by Gasteiger charge is -2.29. The first-order valence-corrected chi connectivity index (χ1v) is 8.75. The molecule has 1 aliphatic heterocycles. The fourth-order valence-electron chi connectivity index (χ4n) is 2.72. The lowest BCUT2D eigenvalue weighted by molar-refractivity contribution is -0.144. The molecule has 1 atom stereocenters. The maximum Gasteiger partial charge on any atom is 0.267 e. The van der Waals surface area contributed by atoms with Crippen LogP contribution in [0.1, 0.15) is 12.5 Å². The topological polar surface area (TPSA) is 67.9 Å². The number of halogens is 1. The van der Waals surface area contributed by atoms with Crippen molar-refractivity contribution in [3.63, 3.8) is 0 Å². The van der Waals surface area contributed by atoms with Crippen molar-refractivity contribution in [3.05, 3.63) is 59.9 Å². The monoisotopic (exact) mass is 372 g/mol. The van der Waals surface area contributed by atoms with Crippen LogP contribution < -0.4 is 14.8 Å². The third-order valence-electron chi connectivity index (χ3n) is 4.21. The number of hydrogen-bond donors (Lipinski definition) is 1. The number of carbonyl (C=O) groups is 2. The Balaban J connectivity index is 1.54. The average Bonchev–Trinajstić information content (AvgIpc) is 2.70. The maximum atomic E-state index is 12.9. The number of carbonyl (C=O) groups excluding carboxylic acids is 2. The van der Waals surface area contributed by atoms with Crippen molar-refractivity contribution in [2.75, 3.05) is 19.7 Å². The van der Waals surface area contributed by atoms with Gasteiger partial charge in [0.2, 0.25) is 12.0 Å². The minimum absolute atomic E-state index is 0.0853. The first-order chi connectivity index (χ1) is 13.1. The highest BCUT2D eigenvalue weighted by Crippen LogP contribution is 2.31. The van der Waals surface area contributed by atoms with Crippen molar-refractivity contribution < 1.29 is 23.5 Å². The van der Waals surface area contributed by atoms with Crippen molar-refractivity contribution in [3.8, 4) is 11.5 Å². The first kappa shape index (κ1) is 18.7. The van der Waals surface area contributed by atoms with Crippen LogP contribution in [0.4, 0.5) is 4.39 Å². The van der Waals surface area contributed by atoms with Crippen LogP contribution in [-0.2, 0) is 16.1 Å². The molecule has 1 N–H and O–H groups in total. The second-order valence-corrected chi connectivity index (χ2v) is 6.12. The van der Waals surface area contributed by atoms with Crippen molar-refractivity contribution in [2.45, 2.75) is 19.6 Å². The van der Waals surface area contributed by atoms with Crippen molar-refractivity contribution >= 4 is 11.8 Å². The maximum absolute atomic E-state index is 12.9. The van der Waals surface area contributed by atoms with Gasteiger partial charge in [-0.3, -0.25) is 9.59 Å². The highest BCUT2D eigenvalue weighted by Gasteiger charge is 2.31. The fourth-order valence-corrected chi connectivity index (χ4v) is 2.72. The molecule has 0 saturated heterocycles. The molecule has 3 rings (SSSR count). The van der Waals surface area contributed by atoms with E-state index in [0.29, 0.717) is 18.0 Å². The molecular weight excluding hydrogens is 351 g/mol. The Labute approximate surface area is 156 Å². The van der Waals surface area contributed by atoms with Gasteiger partial charge in [-0.25, -0.2) is 4.39 Å². The number of rotatable bonds is 6. The molecular formula is C20H21FN2O4. The molecule has 27 heavy (non-hydrogen) atoms. The Morgan fingerprint density at radius 2 is 1.85 bits per heavy atom. The highest BCUT2D eigenvalue weighted by molar-refractivity contribution is 5.87. The average molecular weight is 372 g/mol. The van der Waals surface area contributed by atoms with Crippen LogP contribution in [0, 0.1) is 5.82 Å². The summed E-state index contributed by atoms with van der Waals surface area (Å²) in [5, 5.41) is 2.73. The number of amides is 2. The minimum atomic E-state index is -0.787. The number of nitrogens with one attached hydrogen (secondary N) is 1.